The van der Waals surface area contributed by atoms with Gasteiger partial charge in [-0.05, 0) is 49.9 Å². The van der Waals surface area contributed by atoms with E-state index in [4.69, 9.17) is 17.2 Å². The molecule has 200 valence electrons. The fourth-order valence-corrected chi connectivity index (χ4v) is 3.42. The van der Waals surface area contributed by atoms with Crippen LogP contribution in [0, 0.1) is 0 Å². The fourth-order valence-electron chi connectivity index (χ4n) is 3.16. The number of amides is 4. The number of hydrogen-bond donors (Lipinski definition) is 9. The van der Waals surface area contributed by atoms with E-state index in [9.17, 15) is 34.2 Å². The molecule has 1 aromatic carbocycles. The highest BCUT2D eigenvalue weighted by atomic mass is 32.1. The van der Waals surface area contributed by atoms with Gasteiger partial charge in [-0.25, -0.2) is 4.79 Å². The summed E-state index contributed by atoms with van der Waals surface area (Å²) in [5.74, 6) is -4.71. The topological polar surface area (TPSA) is 240 Å². The summed E-state index contributed by atoms with van der Waals surface area (Å²) in [5.41, 5.74) is 17.2. The molecule has 11 N–H and O–H groups in total. The van der Waals surface area contributed by atoms with Gasteiger partial charge in [-0.2, -0.15) is 12.6 Å². The molecule has 0 aliphatic heterocycles. The highest BCUT2D eigenvalue weighted by Crippen LogP contribution is 2.11. The van der Waals surface area contributed by atoms with E-state index in [1.165, 1.54) is 12.1 Å². The van der Waals surface area contributed by atoms with Crippen LogP contribution in [0.15, 0.2) is 24.3 Å². The van der Waals surface area contributed by atoms with Crippen LogP contribution in [0.2, 0.25) is 0 Å². The van der Waals surface area contributed by atoms with E-state index in [0.29, 0.717) is 24.9 Å². The Morgan fingerprint density at radius 3 is 1.97 bits per heavy atom. The molecule has 0 heterocycles. The number of hydrogen-bond acceptors (Lipinski definition) is 9. The number of nitrogens with two attached hydrogens (primary N) is 3. The van der Waals surface area contributed by atoms with Crippen LogP contribution in [-0.2, 0) is 30.4 Å². The average Bonchev–Trinajstić information content (AvgIpc) is 2.82. The van der Waals surface area contributed by atoms with Crippen LogP contribution in [0.4, 0.5) is 0 Å². The number of carboxylic acids is 1. The van der Waals surface area contributed by atoms with Crippen molar-refractivity contribution in [3.05, 3.63) is 29.8 Å². The Hall–Kier alpha value is -3.36. The van der Waals surface area contributed by atoms with E-state index < -0.39 is 60.2 Å². The first-order valence-corrected chi connectivity index (χ1v) is 11.9. The van der Waals surface area contributed by atoms with E-state index in [2.05, 4.69) is 28.6 Å². The van der Waals surface area contributed by atoms with E-state index in [-0.39, 0.29) is 24.3 Å². The minimum absolute atomic E-state index is 0.0699. The third kappa shape index (κ3) is 10.9. The number of phenolic OH excluding ortho intramolecular Hbond substituents is 1. The molecule has 0 spiro atoms. The van der Waals surface area contributed by atoms with E-state index in [1.807, 2.05) is 0 Å². The second kappa shape index (κ2) is 15.6. The molecule has 0 aliphatic carbocycles. The van der Waals surface area contributed by atoms with Crippen molar-refractivity contribution in [1.82, 2.24) is 16.0 Å². The van der Waals surface area contributed by atoms with Crippen molar-refractivity contribution >= 4 is 42.2 Å². The van der Waals surface area contributed by atoms with Gasteiger partial charge in [0, 0.05) is 5.75 Å². The Bertz CT molecular complexity index is 915. The number of aromatic hydroxyl groups is 1. The average molecular weight is 527 g/mol. The highest BCUT2D eigenvalue weighted by molar-refractivity contribution is 7.80. The number of nitrogens with one attached hydrogen (secondary N) is 3. The Morgan fingerprint density at radius 2 is 1.44 bits per heavy atom. The maximum absolute atomic E-state index is 12.9. The number of benzene rings is 1. The van der Waals surface area contributed by atoms with E-state index >= 15 is 0 Å². The lowest BCUT2D eigenvalue weighted by atomic mass is 10.0. The van der Waals surface area contributed by atoms with Crippen molar-refractivity contribution in [3.8, 4) is 5.75 Å². The van der Waals surface area contributed by atoms with Crippen LogP contribution in [0.5, 0.6) is 5.75 Å². The SMILES string of the molecule is NCCCCC(NC(=O)C(N)Cc1ccc(O)cc1)C(=O)NC(CS)C(=O)NC(CC(N)=O)C(=O)O. The van der Waals surface area contributed by atoms with Crippen molar-refractivity contribution in [3.63, 3.8) is 0 Å². The smallest absolute Gasteiger partial charge is 0.326 e. The second-order valence-electron chi connectivity index (χ2n) is 8.14. The van der Waals surface area contributed by atoms with Crippen LogP contribution in [0.25, 0.3) is 0 Å². The van der Waals surface area contributed by atoms with Crippen LogP contribution in [0.1, 0.15) is 31.2 Å². The van der Waals surface area contributed by atoms with Crippen molar-refractivity contribution in [2.45, 2.75) is 56.3 Å². The van der Waals surface area contributed by atoms with Crippen molar-refractivity contribution in [1.29, 1.82) is 0 Å². The zero-order chi connectivity index (χ0) is 27.3. The lowest BCUT2D eigenvalue weighted by Gasteiger charge is -2.24. The van der Waals surface area contributed by atoms with Gasteiger partial charge in [0.05, 0.1) is 12.5 Å². The third-order valence-electron chi connectivity index (χ3n) is 5.14. The van der Waals surface area contributed by atoms with Crippen molar-refractivity contribution in [2.24, 2.45) is 17.2 Å². The Balaban J connectivity index is 2.87. The molecular formula is C22H34N6O7S. The van der Waals surface area contributed by atoms with Crippen molar-refractivity contribution < 1.29 is 34.2 Å². The van der Waals surface area contributed by atoms with E-state index in [0.717, 1.165) is 0 Å². The Labute approximate surface area is 213 Å². The maximum atomic E-state index is 12.9. The van der Waals surface area contributed by atoms with Crippen molar-refractivity contribution in [2.75, 3.05) is 12.3 Å². The van der Waals surface area contributed by atoms with Crippen LogP contribution < -0.4 is 33.2 Å². The molecule has 4 amide bonds. The monoisotopic (exact) mass is 526 g/mol. The molecule has 0 bridgehead atoms. The lowest BCUT2D eigenvalue weighted by Crippen LogP contribution is -2.58. The summed E-state index contributed by atoms with van der Waals surface area (Å²) in [6, 6.07) is 1.29. The number of carboxylic acid groups (broad SMARTS) is 1. The number of phenols is 1. The minimum atomic E-state index is -1.58. The van der Waals surface area contributed by atoms with Gasteiger partial charge in [-0.1, -0.05) is 12.1 Å². The molecule has 4 atom stereocenters. The first kappa shape index (κ1) is 30.7. The predicted molar refractivity (Wildman–Crippen MR) is 134 cm³/mol. The quantitative estimate of drug-likeness (QED) is 0.0832. The predicted octanol–water partition coefficient (Wildman–Crippen LogP) is -2.26. The summed E-state index contributed by atoms with van der Waals surface area (Å²) >= 11 is 4.04. The molecule has 1 rings (SSSR count). The molecule has 4 unspecified atom stereocenters. The first-order chi connectivity index (χ1) is 17.0. The van der Waals surface area contributed by atoms with Gasteiger partial charge < -0.3 is 43.4 Å². The number of primary amides is 1. The summed E-state index contributed by atoms with van der Waals surface area (Å²) in [5, 5.41) is 25.7. The molecular weight excluding hydrogens is 492 g/mol. The molecule has 0 saturated carbocycles. The zero-order valence-electron chi connectivity index (χ0n) is 19.7. The normalized spacial score (nSPS) is 14.1. The Morgan fingerprint density at radius 1 is 0.889 bits per heavy atom. The zero-order valence-corrected chi connectivity index (χ0v) is 20.6. The van der Waals surface area contributed by atoms with Gasteiger partial charge in [-0.3, -0.25) is 19.2 Å². The first-order valence-electron chi connectivity index (χ1n) is 11.2. The molecule has 13 nitrogen and oxygen atoms in total. The number of rotatable bonds is 16. The molecule has 0 radical (unpaired) electrons. The van der Waals surface area contributed by atoms with Gasteiger partial charge in [-0.15, -0.1) is 0 Å². The second-order valence-corrected chi connectivity index (χ2v) is 8.50. The molecule has 0 saturated heterocycles. The van der Waals surface area contributed by atoms with Gasteiger partial charge in [0.1, 0.15) is 23.9 Å². The third-order valence-corrected chi connectivity index (χ3v) is 5.51. The van der Waals surface area contributed by atoms with Gasteiger partial charge in [0.2, 0.25) is 23.6 Å². The van der Waals surface area contributed by atoms with Crippen LogP contribution in [-0.4, -0.2) is 76.3 Å². The summed E-state index contributed by atoms with van der Waals surface area (Å²) in [4.78, 5) is 60.5. The number of unbranched alkanes of at least 4 members (excludes halogenated alkanes) is 1. The number of carbonyl (C=O) groups is 5. The largest absolute Gasteiger partial charge is 0.508 e. The molecule has 36 heavy (non-hydrogen) atoms. The van der Waals surface area contributed by atoms with Gasteiger partial charge in [0.25, 0.3) is 0 Å². The molecule has 0 aliphatic rings. The fraction of sp³-hybridized carbons (Fsp3) is 0.500. The highest BCUT2D eigenvalue weighted by Gasteiger charge is 2.30. The van der Waals surface area contributed by atoms with Gasteiger partial charge >= 0.3 is 5.97 Å². The number of carbonyl (C=O) groups excluding carboxylic acids is 4. The summed E-state index contributed by atoms with van der Waals surface area (Å²) < 4.78 is 0. The summed E-state index contributed by atoms with van der Waals surface area (Å²) in [6.45, 7) is 0.376. The Kier molecular flexibility index (Phi) is 13.3. The van der Waals surface area contributed by atoms with Crippen LogP contribution >= 0.6 is 12.6 Å². The van der Waals surface area contributed by atoms with Gasteiger partial charge in [0.15, 0.2) is 0 Å². The minimum Gasteiger partial charge on any atom is -0.508 e. The lowest BCUT2D eigenvalue weighted by molar-refractivity contribution is -0.143. The molecule has 1 aromatic rings. The van der Waals surface area contributed by atoms with E-state index in [1.54, 1.807) is 12.1 Å². The molecule has 14 heteroatoms. The molecule has 0 aromatic heterocycles. The molecule has 0 fully saturated rings. The standard InChI is InChI=1S/C22H34N6O7S/c23-8-2-1-3-15(26-19(31)14(24)9-12-4-6-13(29)7-5-12)20(32)28-17(11-36)21(33)27-16(22(34)35)10-18(25)30/h4-7,14-17,29,36H,1-3,8-11,23-24H2,(H2,25,30)(H,26,31)(H,27,33)(H,28,32)(H,34,35). The summed E-state index contributed by atoms with van der Waals surface area (Å²) in [7, 11) is 0. The summed E-state index contributed by atoms with van der Waals surface area (Å²) in [6.07, 6.45) is 0.815. The maximum Gasteiger partial charge on any atom is 0.326 e. The number of thiol groups is 1. The van der Waals surface area contributed by atoms with Crippen LogP contribution in [0.3, 0.4) is 0 Å². The number of aliphatic carboxylic acids is 1.